The van der Waals surface area contributed by atoms with Crippen LogP contribution in [-0.2, 0) is 6.54 Å². The number of nitrogens with zero attached hydrogens (tertiary/aromatic N) is 3. The largest absolute Gasteiger partial charge is 0.370 e. The molecule has 0 aromatic carbocycles. The van der Waals surface area contributed by atoms with E-state index in [-0.39, 0.29) is 0 Å². The summed E-state index contributed by atoms with van der Waals surface area (Å²) in [7, 11) is 0. The van der Waals surface area contributed by atoms with Crippen LogP contribution in [0.2, 0.25) is 0 Å². The molecule has 1 fully saturated rings. The van der Waals surface area contributed by atoms with Crippen LogP contribution >= 0.6 is 11.3 Å². The van der Waals surface area contributed by atoms with Crippen molar-refractivity contribution in [1.82, 2.24) is 15.2 Å². The number of nitrogens with two attached hydrogens (primary N) is 1. The molecule has 0 saturated carbocycles. The topological polar surface area (TPSA) is 66.5 Å². The van der Waals surface area contributed by atoms with Gasteiger partial charge >= 0.3 is 0 Å². The Morgan fingerprint density at radius 1 is 1.55 bits per heavy atom. The zero-order valence-electron chi connectivity index (χ0n) is 12.6. The predicted molar refractivity (Wildman–Crippen MR) is 85.2 cm³/mol. The lowest BCUT2D eigenvalue weighted by atomic mass is 10.2. The minimum atomic E-state index is 0.526. The van der Waals surface area contributed by atoms with E-state index in [1.54, 1.807) is 11.3 Å². The number of aliphatic imine (C=N–C) groups is 1. The van der Waals surface area contributed by atoms with Gasteiger partial charge in [-0.3, -0.25) is 4.90 Å². The van der Waals surface area contributed by atoms with Gasteiger partial charge in [0.2, 0.25) is 0 Å². The fraction of sp³-hybridized carbons (Fsp3) is 0.714. The second kappa shape index (κ2) is 7.04. The van der Waals surface area contributed by atoms with E-state index in [2.05, 4.69) is 34.0 Å². The van der Waals surface area contributed by atoms with Gasteiger partial charge in [-0.1, -0.05) is 6.92 Å². The van der Waals surface area contributed by atoms with E-state index in [1.807, 2.05) is 6.92 Å². The number of aryl methyl sites for hydroxylation is 2. The summed E-state index contributed by atoms with van der Waals surface area (Å²) in [4.78, 5) is 12.6. The van der Waals surface area contributed by atoms with Gasteiger partial charge in [-0.2, -0.15) is 0 Å². The molecule has 0 bridgehead atoms. The lowest BCUT2D eigenvalue weighted by Crippen LogP contribution is -2.42. The predicted octanol–water partition coefficient (Wildman–Crippen LogP) is 1.65. The number of guanidine groups is 1. The summed E-state index contributed by atoms with van der Waals surface area (Å²) in [5.41, 5.74) is 6.97. The van der Waals surface area contributed by atoms with Crippen molar-refractivity contribution in [3.63, 3.8) is 0 Å². The van der Waals surface area contributed by atoms with Gasteiger partial charge in [0.15, 0.2) is 5.96 Å². The minimum absolute atomic E-state index is 0.526. The molecule has 20 heavy (non-hydrogen) atoms. The molecule has 1 aromatic rings. The van der Waals surface area contributed by atoms with E-state index in [9.17, 15) is 0 Å². The van der Waals surface area contributed by atoms with Crippen LogP contribution < -0.4 is 11.1 Å². The highest BCUT2D eigenvalue weighted by Gasteiger charge is 2.22. The number of hydrogen-bond donors (Lipinski definition) is 2. The van der Waals surface area contributed by atoms with Crippen molar-refractivity contribution in [1.29, 1.82) is 0 Å². The highest BCUT2D eigenvalue weighted by molar-refractivity contribution is 7.11. The van der Waals surface area contributed by atoms with Crippen molar-refractivity contribution < 1.29 is 0 Å². The van der Waals surface area contributed by atoms with E-state index >= 15 is 0 Å². The molecule has 1 atom stereocenters. The van der Waals surface area contributed by atoms with E-state index in [0.717, 1.165) is 23.8 Å². The first kappa shape index (κ1) is 15.3. The van der Waals surface area contributed by atoms with Crippen LogP contribution in [0, 0.1) is 13.8 Å². The Kier molecular flexibility index (Phi) is 5.37. The standard InChI is InChI=1S/C14H25N5S/c1-4-19-7-5-6-12(19)8-16-14(15)17-9-13-10(2)20-11(3)18-13/h12H,4-9H2,1-3H3,(H3,15,16,17). The number of thiazole rings is 1. The number of aromatic nitrogens is 1. The fourth-order valence-electron chi connectivity index (χ4n) is 2.70. The molecule has 6 heteroatoms. The van der Waals surface area contributed by atoms with Crippen LogP contribution in [0.3, 0.4) is 0 Å². The van der Waals surface area contributed by atoms with E-state index in [1.165, 1.54) is 24.3 Å². The number of hydrogen-bond acceptors (Lipinski definition) is 4. The van der Waals surface area contributed by atoms with Gasteiger partial charge in [0.25, 0.3) is 0 Å². The summed E-state index contributed by atoms with van der Waals surface area (Å²) in [6.07, 6.45) is 2.53. The summed E-state index contributed by atoms with van der Waals surface area (Å²) in [6, 6.07) is 0.594. The molecule has 0 spiro atoms. The van der Waals surface area contributed by atoms with Gasteiger partial charge < -0.3 is 11.1 Å². The second-order valence-corrected chi connectivity index (χ2v) is 6.65. The molecular formula is C14H25N5S. The highest BCUT2D eigenvalue weighted by atomic mass is 32.1. The number of likely N-dealkylation sites (N-methyl/N-ethyl adjacent to an activating group) is 1. The van der Waals surface area contributed by atoms with Crippen molar-refractivity contribution in [2.75, 3.05) is 19.6 Å². The Labute approximate surface area is 125 Å². The SMILES string of the molecule is CCN1CCCC1CNC(N)=NCc1nc(C)sc1C. The second-order valence-electron chi connectivity index (χ2n) is 5.24. The monoisotopic (exact) mass is 295 g/mol. The van der Waals surface area contributed by atoms with Gasteiger partial charge in [0.1, 0.15) is 0 Å². The van der Waals surface area contributed by atoms with Gasteiger partial charge in [-0.05, 0) is 39.8 Å². The van der Waals surface area contributed by atoms with Crippen LogP contribution in [-0.4, -0.2) is 41.5 Å². The summed E-state index contributed by atoms with van der Waals surface area (Å²) in [6.45, 7) is 10.1. The van der Waals surface area contributed by atoms with Crippen LogP contribution in [0.25, 0.3) is 0 Å². The van der Waals surface area contributed by atoms with Crippen molar-refractivity contribution in [3.8, 4) is 0 Å². The molecule has 1 aliphatic heterocycles. The van der Waals surface area contributed by atoms with E-state index in [0.29, 0.717) is 18.5 Å². The lowest BCUT2D eigenvalue weighted by Gasteiger charge is -2.23. The molecule has 2 rings (SSSR count). The molecule has 1 saturated heterocycles. The molecule has 1 aromatic heterocycles. The lowest BCUT2D eigenvalue weighted by molar-refractivity contribution is 0.267. The summed E-state index contributed by atoms with van der Waals surface area (Å²) >= 11 is 1.71. The number of likely N-dealkylation sites (tertiary alicyclic amines) is 1. The quantitative estimate of drug-likeness (QED) is 0.640. The molecule has 0 amide bonds. The van der Waals surface area contributed by atoms with Crippen LogP contribution in [0.4, 0.5) is 0 Å². The molecule has 112 valence electrons. The Morgan fingerprint density at radius 3 is 3.00 bits per heavy atom. The maximum Gasteiger partial charge on any atom is 0.189 e. The number of nitrogens with one attached hydrogen (secondary N) is 1. The number of rotatable bonds is 5. The average Bonchev–Trinajstić information content (AvgIpc) is 2.99. The average molecular weight is 295 g/mol. The van der Waals surface area contributed by atoms with Crippen molar-refractivity contribution >= 4 is 17.3 Å². The first-order valence-corrected chi connectivity index (χ1v) is 8.12. The van der Waals surface area contributed by atoms with Gasteiger partial charge in [-0.25, -0.2) is 9.98 Å². The smallest absolute Gasteiger partial charge is 0.189 e. The first-order valence-electron chi connectivity index (χ1n) is 7.31. The maximum atomic E-state index is 5.94. The third kappa shape index (κ3) is 3.93. The summed E-state index contributed by atoms with van der Waals surface area (Å²) < 4.78 is 0. The molecule has 1 aliphatic rings. The Hall–Kier alpha value is -1.14. The van der Waals surface area contributed by atoms with Crippen molar-refractivity contribution in [2.45, 2.75) is 46.2 Å². The highest BCUT2D eigenvalue weighted by Crippen LogP contribution is 2.17. The van der Waals surface area contributed by atoms with Crippen LogP contribution in [0.1, 0.15) is 35.3 Å². The normalized spacial score (nSPS) is 20.6. The third-order valence-corrected chi connectivity index (χ3v) is 4.75. The fourth-order valence-corrected chi connectivity index (χ4v) is 3.53. The molecule has 5 nitrogen and oxygen atoms in total. The Bertz CT molecular complexity index is 468. The van der Waals surface area contributed by atoms with Gasteiger partial charge in [0, 0.05) is 17.5 Å². The molecule has 0 aliphatic carbocycles. The Morgan fingerprint density at radius 2 is 2.35 bits per heavy atom. The zero-order chi connectivity index (χ0) is 14.5. The van der Waals surface area contributed by atoms with Crippen molar-refractivity contribution in [3.05, 3.63) is 15.6 Å². The van der Waals surface area contributed by atoms with Gasteiger partial charge in [0.05, 0.1) is 17.2 Å². The first-order chi connectivity index (χ1) is 9.60. The maximum absolute atomic E-state index is 5.94. The molecule has 0 radical (unpaired) electrons. The molecule has 1 unspecified atom stereocenters. The summed E-state index contributed by atoms with van der Waals surface area (Å²) in [5, 5.41) is 4.33. The van der Waals surface area contributed by atoms with Crippen molar-refractivity contribution in [2.24, 2.45) is 10.7 Å². The van der Waals surface area contributed by atoms with E-state index in [4.69, 9.17) is 5.73 Å². The molecule has 2 heterocycles. The third-order valence-electron chi connectivity index (χ3n) is 3.82. The van der Waals surface area contributed by atoms with Gasteiger partial charge in [-0.15, -0.1) is 11.3 Å². The molecular weight excluding hydrogens is 270 g/mol. The summed E-state index contributed by atoms with van der Waals surface area (Å²) in [5.74, 6) is 0.526. The minimum Gasteiger partial charge on any atom is -0.370 e. The molecule has 3 N–H and O–H groups in total. The zero-order valence-corrected chi connectivity index (χ0v) is 13.5. The van der Waals surface area contributed by atoms with Crippen LogP contribution in [0.15, 0.2) is 4.99 Å². The van der Waals surface area contributed by atoms with Crippen LogP contribution in [0.5, 0.6) is 0 Å². The van der Waals surface area contributed by atoms with E-state index < -0.39 is 0 Å². The Balaban J connectivity index is 1.81.